The van der Waals surface area contributed by atoms with Crippen molar-refractivity contribution in [1.29, 1.82) is 0 Å². The molecule has 1 aliphatic rings. The van der Waals surface area contributed by atoms with Crippen LogP contribution in [0.25, 0.3) is 0 Å². The number of phenolic OH excluding ortho intramolecular Hbond substituents is 1. The van der Waals surface area contributed by atoms with E-state index in [4.69, 9.17) is 4.74 Å². The number of aliphatic imine (C=N–C) groups is 1. The number of aromatic hydroxyl groups is 1. The van der Waals surface area contributed by atoms with Gasteiger partial charge < -0.3 is 25.4 Å². The van der Waals surface area contributed by atoms with Gasteiger partial charge in [0.05, 0.1) is 7.11 Å². The summed E-state index contributed by atoms with van der Waals surface area (Å²) in [5.74, 6) is 2.74. The molecule has 0 atom stereocenters. The normalized spacial score (nSPS) is 14.9. The number of halogens is 1. The Kier molecular flexibility index (Phi) is 8.81. The van der Waals surface area contributed by atoms with Crippen molar-refractivity contribution in [2.24, 2.45) is 4.99 Å². The van der Waals surface area contributed by atoms with Crippen molar-refractivity contribution in [2.45, 2.75) is 32.4 Å². The van der Waals surface area contributed by atoms with Gasteiger partial charge in [0.1, 0.15) is 17.3 Å². The minimum atomic E-state index is 0. The van der Waals surface area contributed by atoms with Gasteiger partial charge in [-0.3, -0.25) is 4.99 Å². The van der Waals surface area contributed by atoms with Crippen LogP contribution in [-0.2, 0) is 6.54 Å². The first-order chi connectivity index (χ1) is 13.6. The Bertz CT molecular complexity index is 822. The van der Waals surface area contributed by atoms with Crippen LogP contribution in [0.3, 0.4) is 0 Å². The fourth-order valence-electron chi connectivity index (χ4n) is 3.36. The second-order valence-electron chi connectivity index (χ2n) is 6.96. The Labute approximate surface area is 189 Å². The van der Waals surface area contributed by atoms with Crippen molar-refractivity contribution in [2.75, 3.05) is 32.1 Å². The lowest BCUT2D eigenvalue weighted by Gasteiger charge is -2.34. The lowest BCUT2D eigenvalue weighted by molar-refractivity contribution is 0.410. The highest BCUT2D eigenvalue weighted by atomic mass is 127. The summed E-state index contributed by atoms with van der Waals surface area (Å²) in [5, 5.41) is 16.8. The zero-order valence-electron chi connectivity index (χ0n) is 17.2. The number of hydrogen-bond donors (Lipinski definition) is 3. The molecule has 0 amide bonds. The average molecular weight is 511 g/mol. The topological polar surface area (TPSA) is 82.0 Å². The number of benzene rings is 1. The molecule has 0 unspecified atom stereocenters. The number of aryl methyl sites for hydroxylation is 1. The quantitative estimate of drug-likeness (QED) is 0.325. The number of aromatic nitrogens is 1. The minimum Gasteiger partial charge on any atom is -0.508 e. The second kappa shape index (κ2) is 11.1. The summed E-state index contributed by atoms with van der Waals surface area (Å²) in [6, 6.07) is 11.7. The maximum atomic E-state index is 10.0. The van der Waals surface area contributed by atoms with Gasteiger partial charge in [0.2, 0.25) is 0 Å². The van der Waals surface area contributed by atoms with E-state index < -0.39 is 0 Å². The van der Waals surface area contributed by atoms with E-state index in [1.807, 2.05) is 19.1 Å². The van der Waals surface area contributed by atoms with E-state index in [0.717, 1.165) is 54.7 Å². The van der Waals surface area contributed by atoms with E-state index in [1.54, 1.807) is 26.3 Å². The number of nitrogens with zero attached hydrogens (tertiary/aromatic N) is 3. The van der Waals surface area contributed by atoms with Crippen LogP contribution in [0.4, 0.5) is 5.82 Å². The summed E-state index contributed by atoms with van der Waals surface area (Å²) in [4.78, 5) is 11.3. The summed E-state index contributed by atoms with van der Waals surface area (Å²) in [7, 11) is 3.37. The third-order valence-corrected chi connectivity index (χ3v) is 4.99. The number of pyridine rings is 1. The van der Waals surface area contributed by atoms with Gasteiger partial charge in [-0.25, -0.2) is 4.98 Å². The van der Waals surface area contributed by atoms with Crippen LogP contribution in [0.1, 0.15) is 24.1 Å². The second-order valence-corrected chi connectivity index (χ2v) is 6.96. The van der Waals surface area contributed by atoms with Crippen molar-refractivity contribution in [3.63, 3.8) is 0 Å². The van der Waals surface area contributed by atoms with Crippen LogP contribution in [0, 0.1) is 6.92 Å². The molecule has 3 rings (SSSR count). The molecule has 0 saturated carbocycles. The van der Waals surface area contributed by atoms with Crippen molar-refractivity contribution in [1.82, 2.24) is 15.6 Å². The largest absolute Gasteiger partial charge is 0.508 e. The van der Waals surface area contributed by atoms with Gasteiger partial charge in [-0.15, -0.1) is 24.0 Å². The molecule has 1 fully saturated rings. The number of methoxy groups -OCH3 is 1. The molecular formula is C21H30IN5O2. The molecule has 158 valence electrons. The Morgan fingerprint density at radius 1 is 1.28 bits per heavy atom. The fraction of sp³-hybridized carbons (Fsp3) is 0.429. The van der Waals surface area contributed by atoms with Gasteiger partial charge in [-0.05, 0) is 50.1 Å². The number of anilines is 1. The maximum Gasteiger partial charge on any atom is 0.191 e. The van der Waals surface area contributed by atoms with E-state index in [1.165, 1.54) is 0 Å². The van der Waals surface area contributed by atoms with Crippen molar-refractivity contribution in [3.05, 3.63) is 47.7 Å². The van der Waals surface area contributed by atoms with Crippen LogP contribution in [0.2, 0.25) is 0 Å². The monoisotopic (exact) mass is 511 g/mol. The van der Waals surface area contributed by atoms with Crippen LogP contribution >= 0.6 is 24.0 Å². The van der Waals surface area contributed by atoms with Gasteiger partial charge in [-0.1, -0.05) is 6.07 Å². The molecule has 1 saturated heterocycles. The lowest BCUT2D eigenvalue weighted by atomic mass is 10.1. The summed E-state index contributed by atoms with van der Waals surface area (Å²) >= 11 is 0. The van der Waals surface area contributed by atoms with Gasteiger partial charge in [0, 0.05) is 44.0 Å². The third-order valence-electron chi connectivity index (χ3n) is 4.99. The Morgan fingerprint density at radius 3 is 2.69 bits per heavy atom. The molecule has 8 heteroatoms. The zero-order chi connectivity index (χ0) is 19.9. The molecule has 0 aliphatic carbocycles. The molecule has 0 radical (unpaired) electrons. The highest BCUT2D eigenvalue weighted by Gasteiger charge is 2.21. The molecule has 7 nitrogen and oxygen atoms in total. The summed E-state index contributed by atoms with van der Waals surface area (Å²) in [5.41, 5.74) is 1.81. The Hall–Kier alpha value is -2.23. The predicted molar refractivity (Wildman–Crippen MR) is 128 cm³/mol. The molecule has 2 heterocycles. The van der Waals surface area contributed by atoms with E-state index in [9.17, 15) is 5.11 Å². The van der Waals surface area contributed by atoms with Crippen LogP contribution in [-0.4, -0.2) is 49.3 Å². The first-order valence-electron chi connectivity index (χ1n) is 9.60. The number of phenols is 1. The predicted octanol–water partition coefficient (Wildman–Crippen LogP) is 3.06. The molecule has 2 aromatic rings. The van der Waals surface area contributed by atoms with Gasteiger partial charge >= 0.3 is 0 Å². The minimum absolute atomic E-state index is 0. The smallest absolute Gasteiger partial charge is 0.191 e. The highest BCUT2D eigenvalue weighted by molar-refractivity contribution is 14.0. The SMILES string of the molecule is CN=C(NCc1cc(OC)ccc1O)NC1CCN(c2cccc(C)n2)CC1.I. The Balaban J connectivity index is 0.00000300. The lowest BCUT2D eigenvalue weighted by Crippen LogP contribution is -2.48. The number of guanidine groups is 1. The molecular weight excluding hydrogens is 481 g/mol. The molecule has 0 bridgehead atoms. The molecule has 1 aliphatic heterocycles. The van der Waals surface area contributed by atoms with E-state index >= 15 is 0 Å². The third kappa shape index (κ3) is 6.38. The van der Waals surface area contributed by atoms with E-state index in [2.05, 4.69) is 37.6 Å². The van der Waals surface area contributed by atoms with Crippen LogP contribution < -0.4 is 20.3 Å². The number of ether oxygens (including phenoxy) is 1. The molecule has 29 heavy (non-hydrogen) atoms. The van der Waals surface area contributed by atoms with E-state index in [0.29, 0.717) is 12.6 Å². The number of rotatable bonds is 5. The number of nitrogens with one attached hydrogen (secondary N) is 2. The van der Waals surface area contributed by atoms with Crippen molar-refractivity contribution in [3.8, 4) is 11.5 Å². The highest BCUT2D eigenvalue weighted by Crippen LogP contribution is 2.22. The fourth-order valence-corrected chi connectivity index (χ4v) is 3.36. The van der Waals surface area contributed by atoms with Gasteiger partial charge in [0.25, 0.3) is 0 Å². The first kappa shape index (κ1) is 23.1. The Morgan fingerprint density at radius 2 is 2.03 bits per heavy atom. The van der Waals surface area contributed by atoms with Gasteiger partial charge in [-0.2, -0.15) is 0 Å². The summed E-state index contributed by atoms with van der Waals surface area (Å²) in [6.45, 7) is 4.41. The van der Waals surface area contributed by atoms with Crippen molar-refractivity contribution < 1.29 is 9.84 Å². The summed E-state index contributed by atoms with van der Waals surface area (Å²) in [6.07, 6.45) is 2.03. The maximum absolute atomic E-state index is 10.0. The summed E-state index contributed by atoms with van der Waals surface area (Å²) < 4.78 is 5.22. The molecule has 1 aromatic carbocycles. The number of piperidine rings is 1. The molecule has 0 spiro atoms. The van der Waals surface area contributed by atoms with Crippen LogP contribution in [0.5, 0.6) is 11.5 Å². The average Bonchev–Trinajstić information content (AvgIpc) is 2.72. The van der Waals surface area contributed by atoms with Crippen LogP contribution in [0.15, 0.2) is 41.4 Å². The molecule has 1 aromatic heterocycles. The van der Waals surface area contributed by atoms with Crippen molar-refractivity contribution >= 4 is 35.8 Å². The zero-order valence-corrected chi connectivity index (χ0v) is 19.5. The first-order valence-corrected chi connectivity index (χ1v) is 9.60. The number of hydrogen-bond acceptors (Lipinski definition) is 5. The standard InChI is InChI=1S/C21H29N5O2.HI/c1-15-5-4-6-20(24-15)26-11-9-17(10-12-26)25-21(22-2)23-14-16-13-18(28-3)7-8-19(16)27;/h4-8,13,17,27H,9-12,14H2,1-3H3,(H2,22,23,25);1H. The van der Waals surface area contributed by atoms with Gasteiger partial charge in [0.15, 0.2) is 5.96 Å². The molecule has 3 N–H and O–H groups in total. The van der Waals surface area contributed by atoms with E-state index in [-0.39, 0.29) is 29.7 Å².